The fourth-order valence-electron chi connectivity index (χ4n) is 5.72. The lowest BCUT2D eigenvalue weighted by Gasteiger charge is -2.41. The molecule has 0 bridgehead atoms. The minimum absolute atomic E-state index is 0. The zero-order chi connectivity index (χ0) is 23.4. The highest BCUT2D eigenvalue weighted by Gasteiger charge is 2.47. The maximum Gasteiger partial charge on any atom is 0.267 e. The number of hydrogen-bond acceptors (Lipinski definition) is 9. The molecule has 5 N–H and O–H groups in total. The van der Waals surface area contributed by atoms with Gasteiger partial charge in [0.1, 0.15) is 11.5 Å². The van der Waals surface area contributed by atoms with Gasteiger partial charge < -0.3 is 26.0 Å². The first-order chi connectivity index (χ1) is 16.5. The normalized spacial score (nSPS) is 23.4. The Bertz CT molecular complexity index is 1260. The van der Waals surface area contributed by atoms with E-state index in [0.29, 0.717) is 22.7 Å². The van der Waals surface area contributed by atoms with E-state index < -0.39 is 5.91 Å². The zero-order valence-corrected chi connectivity index (χ0v) is 20.4. The predicted octanol–water partition coefficient (Wildman–Crippen LogP) is 1.69. The van der Waals surface area contributed by atoms with Crippen LogP contribution in [0.4, 0.5) is 17.3 Å². The minimum Gasteiger partial charge on any atom is -0.376 e. The number of aromatic nitrogens is 5. The van der Waals surface area contributed by atoms with Gasteiger partial charge in [-0.25, -0.2) is 9.97 Å². The third-order valence-corrected chi connectivity index (χ3v) is 7.79. The molecule has 1 amide bonds. The van der Waals surface area contributed by atoms with Crippen molar-refractivity contribution in [1.82, 2.24) is 25.1 Å². The fourth-order valence-corrected chi connectivity index (χ4v) is 5.72. The van der Waals surface area contributed by atoms with Crippen LogP contribution in [-0.2, 0) is 11.2 Å². The zero-order valence-electron chi connectivity index (χ0n) is 19.6. The number of H-pyrrole nitrogens is 1. The molecule has 0 aliphatic carbocycles. The number of hydrogen-bond donors (Lipinski definition) is 3. The van der Waals surface area contributed by atoms with Crippen molar-refractivity contribution in [3.05, 3.63) is 29.7 Å². The van der Waals surface area contributed by atoms with E-state index in [1.807, 2.05) is 12.3 Å². The number of anilines is 3. The first-order valence-electron chi connectivity index (χ1n) is 11.9. The van der Waals surface area contributed by atoms with Crippen molar-refractivity contribution in [1.29, 1.82) is 0 Å². The largest absolute Gasteiger partial charge is 0.376 e. The third kappa shape index (κ3) is 3.78. The molecule has 3 aromatic heterocycles. The lowest BCUT2D eigenvalue weighted by Crippen LogP contribution is -2.50. The third-order valence-electron chi connectivity index (χ3n) is 7.79. The highest BCUT2D eigenvalue weighted by Crippen LogP contribution is 2.42. The van der Waals surface area contributed by atoms with Crippen LogP contribution in [-0.4, -0.2) is 69.4 Å². The monoisotopic (exact) mass is 499 g/mol. The Hall–Kier alpha value is -3.02. The molecule has 3 aliphatic rings. The molecule has 0 unspecified atom stereocenters. The summed E-state index contributed by atoms with van der Waals surface area (Å²) in [6.07, 6.45) is 7.11. The second kappa shape index (κ2) is 8.89. The van der Waals surface area contributed by atoms with Gasteiger partial charge in [0.25, 0.3) is 5.91 Å². The van der Waals surface area contributed by atoms with Gasteiger partial charge in [-0.2, -0.15) is 5.10 Å². The number of aromatic amines is 1. The van der Waals surface area contributed by atoms with Crippen LogP contribution in [0.3, 0.4) is 0 Å². The van der Waals surface area contributed by atoms with Gasteiger partial charge in [-0.3, -0.25) is 14.9 Å². The maximum absolute atomic E-state index is 11.9. The number of pyridine rings is 1. The fraction of sp³-hybridized carbons (Fsp3) is 0.522. The van der Waals surface area contributed by atoms with Crippen LogP contribution in [0, 0.1) is 5.41 Å². The smallest absolute Gasteiger partial charge is 0.267 e. The topological polar surface area (TPSA) is 152 Å². The standard InChI is InChI=1S/C23H29N9O2.ClH/c1-13-19(24)23(12-34-13)5-9-31(10-6-23)16-11-27-18-21(28-16)29-30-22(18)32-8-2-3-14-15(32)4-7-26-17(14)20(25)33;/h4,7,11,13,19H,2-3,5-6,8-10,12,24H2,1H3,(H2,25,33)(H,28,29,30);1H/t13-,19+;/m0./s1. The van der Waals surface area contributed by atoms with E-state index >= 15 is 0 Å². The molecule has 6 heterocycles. The van der Waals surface area contributed by atoms with Gasteiger partial charge in [0, 0.05) is 48.5 Å². The Labute approximate surface area is 209 Å². The Morgan fingerprint density at radius 1 is 1.26 bits per heavy atom. The number of nitrogens with one attached hydrogen (secondary N) is 1. The van der Waals surface area contributed by atoms with Gasteiger partial charge in [0.2, 0.25) is 0 Å². The number of rotatable bonds is 3. The van der Waals surface area contributed by atoms with Crippen LogP contribution in [0.25, 0.3) is 11.2 Å². The number of halogens is 1. The summed E-state index contributed by atoms with van der Waals surface area (Å²) in [5.74, 6) is 1.01. The van der Waals surface area contributed by atoms with Gasteiger partial charge >= 0.3 is 0 Å². The number of nitrogens with two attached hydrogens (primary N) is 2. The van der Waals surface area contributed by atoms with Gasteiger partial charge in [0.15, 0.2) is 17.0 Å². The van der Waals surface area contributed by atoms with E-state index in [1.54, 1.807) is 6.20 Å². The van der Waals surface area contributed by atoms with Crippen LogP contribution in [0.15, 0.2) is 18.5 Å². The highest BCUT2D eigenvalue weighted by atomic mass is 35.5. The number of carbonyl (C=O) groups excluding carboxylic acids is 1. The second-order valence-corrected chi connectivity index (χ2v) is 9.64. The molecular formula is C23H30ClN9O2. The molecule has 6 rings (SSSR count). The van der Waals surface area contributed by atoms with Crippen molar-refractivity contribution in [3.8, 4) is 0 Å². The molecule has 0 radical (unpaired) electrons. The van der Waals surface area contributed by atoms with Crippen molar-refractivity contribution in [2.75, 3.05) is 36.0 Å². The van der Waals surface area contributed by atoms with Crippen LogP contribution in [0.2, 0.25) is 0 Å². The van der Waals surface area contributed by atoms with E-state index in [4.69, 9.17) is 26.2 Å². The Balaban J connectivity index is 0.00000253. The average Bonchev–Trinajstić information content (AvgIpc) is 3.40. The Morgan fingerprint density at radius 2 is 2.06 bits per heavy atom. The number of amides is 1. The summed E-state index contributed by atoms with van der Waals surface area (Å²) in [7, 11) is 0. The summed E-state index contributed by atoms with van der Waals surface area (Å²) >= 11 is 0. The number of nitrogens with zero attached hydrogens (tertiary/aromatic N) is 6. The van der Waals surface area contributed by atoms with Crippen molar-refractivity contribution in [2.24, 2.45) is 16.9 Å². The van der Waals surface area contributed by atoms with Crippen LogP contribution < -0.4 is 21.3 Å². The first-order valence-corrected chi connectivity index (χ1v) is 11.9. The van der Waals surface area contributed by atoms with Crippen LogP contribution in [0.5, 0.6) is 0 Å². The molecule has 1 spiro atoms. The lowest BCUT2D eigenvalue weighted by molar-refractivity contribution is 0.0974. The number of piperidine rings is 1. The van der Waals surface area contributed by atoms with Crippen molar-refractivity contribution in [3.63, 3.8) is 0 Å². The summed E-state index contributed by atoms with van der Waals surface area (Å²) in [5.41, 5.74) is 15.5. The van der Waals surface area contributed by atoms with Crippen molar-refractivity contribution < 1.29 is 9.53 Å². The quantitative estimate of drug-likeness (QED) is 0.488. The molecule has 186 valence electrons. The molecule has 0 aromatic carbocycles. The summed E-state index contributed by atoms with van der Waals surface area (Å²) in [4.78, 5) is 29.9. The van der Waals surface area contributed by atoms with E-state index in [1.165, 1.54) is 0 Å². The molecule has 2 fully saturated rings. The lowest BCUT2D eigenvalue weighted by atomic mass is 9.73. The average molecular weight is 500 g/mol. The van der Waals surface area contributed by atoms with E-state index in [9.17, 15) is 4.79 Å². The van der Waals surface area contributed by atoms with Gasteiger partial charge in [0.05, 0.1) is 18.9 Å². The highest BCUT2D eigenvalue weighted by molar-refractivity contribution is 5.95. The van der Waals surface area contributed by atoms with Crippen molar-refractivity contribution in [2.45, 2.75) is 44.8 Å². The molecular weight excluding hydrogens is 470 g/mol. The molecule has 3 aliphatic heterocycles. The Kier molecular flexibility index (Phi) is 6.02. The molecule has 12 heteroatoms. The van der Waals surface area contributed by atoms with E-state index in [-0.39, 0.29) is 30.0 Å². The summed E-state index contributed by atoms with van der Waals surface area (Å²) in [6, 6.07) is 1.97. The molecule has 2 saturated heterocycles. The van der Waals surface area contributed by atoms with Gasteiger partial charge in [-0.1, -0.05) is 0 Å². The summed E-state index contributed by atoms with van der Waals surface area (Å²) in [5, 5.41) is 7.60. The maximum atomic E-state index is 11.9. The van der Waals surface area contributed by atoms with E-state index in [2.05, 4.69) is 31.9 Å². The summed E-state index contributed by atoms with van der Waals surface area (Å²) < 4.78 is 5.84. The molecule has 2 atom stereocenters. The van der Waals surface area contributed by atoms with Crippen molar-refractivity contribution >= 4 is 46.8 Å². The number of ether oxygens (including phenoxy) is 1. The van der Waals surface area contributed by atoms with Crippen LogP contribution >= 0.6 is 12.4 Å². The molecule has 11 nitrogen and oxygen atoms in total. The number of carbonyl (C=O) groups is 1. The van der Waals surface area contributed by atoms with Gasteiger partial charge in [-0.05, 0) is 38.7 Å². The Morgan fingerprint density at radius 3 is 2.77 bits per heavy atom. The SMILES string of the molecule is C[C@@H]1OCC2(CCN(c3cnc4c(N5CCCc6c5ccnc6C(N)=O)n[nH]c4n3)CC2)[C@@H]1N.Cl. The molecule has 3 aromatic rings. The summed E-state index contributed by atoms with van der Waals surface area (Å²) in [6.45, 7) is 5.29. The predicted molar refractivity (Wildman–Crippen MR) is 134 cm³/mol. The first kappa shape index (κ1) is 23.7. The van der Waals surface area contributed by atoms with Crippen LogP contribution in [0.1, 0.15) is 42.2 Å². The molecule has 0 saturated carbocycles. The number of primary amides is 1. The molecule has 35 heavy (non-hydrogen) atoms. The second-order valence-electron chi connectivity index (χ2n) is 9.64. The van der Waals surface area contributed by atoms with E-state index in [0.717, 1.165) is 69.0 Å². The van der Waals surface area contributed by atoms with Gasteiger partial charge in [-0.15, -0.1) is 12.4 Å². The minimum atomic E-state index is -0.516. The number of fused-ring (bicyclic) bond motifs is 2.